The van der Waals surface area contributed by atoms with Gasteiger partial charge >= 0.3 is 5.97 Å². The zero-order valence-corrected chi connectivity index (χ0v) is 22.5. The van der Waals surface area contributed by atoms with Crippen LogP contribution in [-0.2, 0) is 24.3 Å². The molecule has 5 aromatic rings. The lowest BCUT2D eigenvalue weighted by Gasteiger charge is -2.12. The minimum Gasteiger partial charge on any atom is -0.478 e. The number of ether oxygens (including phenoxy) is 2. The average molecular weight is 581 g/mol. The van der Waals surface area contributed by atoms with Gasteiger partial charge in [-0.25, -0.2) is 27.9 Å². The van der Waals surface area contributed by atoms with Crippen LogP contribution in [0.4, 0.5) is 17.6 Å². The minimum atomic E-state index is -1.26. The van der Waals surface area contributed by atoms with Crippen molar-refractivity contribution in [1.29, 1.82) is 0 Å². The van der Waals surface area contributed by atoms with Crippen molar-refractivity contribution in [3.05, 3.63) is 106 Å². The predicted octanol–water partition coefficient (Wildman–Crippen LogP) is 5.87. The molecule has 12 heteroatoms. The van der Waals surface area contributed by atoms with E-state index in [2.05, 4.69) is 15.0 Å². The Kier molecular flexibility index (Phi) is 8.16. The van der Waals surface area contributed by atoms with Crippen LogP contribution < -0.4 is 4.74 Å². The van der Waals surface area contributed by atoms with Crippen LogP contribution >= 0.6 is 0 Å². The van der Waals surface area contributed by atoms with Crippen LogP contribution in [-0.4, -0.2) is 44.3 Å². The third-order valence-electron chi connectivity index (χ3n) is 6.63. The molecule has 2 heterocycles. The Bertz CT molecular complexity index is 1810. The van der Waals surface area contributed by atoms with E-state index >= 15 is 8.78 Å². The van der Waals surface area contributed by atoms with E-state index < -0.39 is 35.1 Å². The first-order valence-corrected chi connectivity index (χ1v) is 12.7. The second-order valence-corrected chi connectivity index (χ2v) is 9.49. The number of nitrogens with zero attached hydrogens (tertiary/aromatic N) is 4. The molecule has 0 bridgehead atoms. The van der Waals surface area contributed by atoms with Crippen LogP contribution in [0.3, 0.4) is 0 Å². The van der Waals surface area contributed by atoms with E-state index in [1.54, 1.807) is 23.6 Å². The van der Waals surface area contributed by atoms with E-state index in [1.807, 2.05) is 0 Å². The number of fused-ring (bicyclic) bond motifs is 1. The van der Waals surface area contributed by atoms with Gasteiger partial charge in [0.15, 0.2) is 17.5 Å². The highest BCUT2D eigenvalue weighted by molar-refractivity contribution is 5.92. The topological polar surface area (TPSA) is 99.4 Å². The standard InChI is InChI=1S/C30H24F4N4O4/c1-16-3-4-19(21(31)11-16)15-42-29-22(32)14-35-28(37-29)20-7-5-17(26(33)27(20)34)13-25-36-23-8-6-18(30(39)40)12-24(23)38(25)9-10-41-2/h3-8,11-12,14H,9-10,13,15H2,1-2H3,(H,39,40). The van der Waals surface area contributed by atoms with Crippen molar-refractivity contribution in [2.45, 2.75) is 26.5 Å². The number of aryl methyl sites for hydroxylation is 1. The van der Waals surface area contributed by atoms with Gasteiger partial charge in [0.05, 0.1) is 35.0 Å². The summed E-state index contributed by atoms with van der Waals surface area (Å²) in [7, 11) is 1.50. The van der Waals surface area contributed by atoms with Gasteiger partial charge in [-0.1, -0.05) is 18.2 Å². The fourth-order valence-electron chi connectivity index (χ4n) is 4.44. The van der Waals surface area contributed by atoms with Crippen LogP contribution in [0, 0.1) is 30.2 Å². The second-order valence-electron chi connectivity index (χ2n) is 9.49. The SMILES string of the molecule is COCCn1c(Cc2ccc(-c3ncc(F)c(OCc4ccc(C)cc4F)n3)c(F)c2F)nc2ccc(C(=O)O)cc21. The molecular formula is C30H24F4N4O4. The summed E-state index contributed by atoms with van der Waals surface area (Å²) >= 11 is 0. The lowest BCUT2D eigenvalue weighted by atomic mass is 10.1. The van der Waals surface area contributed by atoms with Gasteiger partial charge in [0.1, 0.15) is 18.2 Å². The van der Waals surface area contributed by atoms with Gasteiger partial charge in [0.25, 0.3) is 5.88 Å². The highest BCUT2D eigenvalue weighted by atomic mass is 19.2. The van der Waals surface area contributed by atoms with Crippen molar-refractivity contribution in [3.63, 3.8) is 0 Å². The number of hydrogen-bond donors (Lipinski definition) is 1. The molecule has 0 unspecified atom stereocenters. The smallest absolute Gasteiger partial charge is 0.335 e. The van der Waals surface area contributed by atoms with Crippen LogP contribution in [0.25, 0.3) is 22.4 Å². The van der Waals surface area contributed by atoms with Gasteiger partial charge in [0, 0.05) is 25.6 Å². The Morgan fingerprint density at radius 2 is 1.74 bits per heavy atom. The molecule has 0 fully saturated rings. The molecule has 0 radical (unpaired) electrons. The summed E-state index contributed by atoms with van der Waals surface area (Å²) in [6.07, 6.45) is 0.641. The molecule has 216 valence electrons. The summed E-state index contributed by atoms with van der Waals surface area (Å²) < 4.78 is 71.4. The van der Waals surface area contributed by atoms with E-state index in [-0.39, 0.29) is 47.7 Å². The number of hydrogen-bond acceptors (Lipinski definition) is 6. The molecule has 0 atom stereocenters. The van der Waals surface area contributed by atoms with Gasteiger partial charge in [-0.2, -0.15) is 9.37 Å². The normalized spacial score (nSPS) is 11.3. The third kappa shape index (κ3) is 5.79. The predicted molar refractivity (Wildman–Crippen MR) is 144 cm³/mol. The fourth-order valence-corrected chi connectivity index (χ4v) is 4.44. The molecule has 3 aromatic carbocycles. The number of aromatic carboxylic acids is 1. The Balaban J connectivity index is 1.44. The summed E-state index contributed by atoms with van der Waals surface area (Å²) in [6, 6.07) is 11.5. The number of benzene rings is 3. The van der Waals surface area contributed by atoms with Gasteiger partial charge in [-0.05, 0) is 48.4 Å². The molecular weight excluding hydrogens is 556 g/mol. The number of rotatable bonds is 10. The van der Waals surface area contributed by atoms with E-state index in [9.17, 15) is 18.7 Å². The molecule has 0 aliphatic rings. The van der Waals surface area contributed by atoms with Crippen molar-refractivity contribution in [2.75, 3.05) is 13.7 Å². The van der Waals surface area contributed by atoms with Crippen LogP contribution in [0.5, 0.6) is 5.88 Å². The highest BCUT2D eigenvalue weighted by Crippen LogP contribution is 2.28. The van der Waals surface area contributed by atoms with E-state index in [1.165, 1.54) is 43.5 Å². The maximum Gasteiger partial charge on any atom is 0.335 e. The van der Waals surface area contributed by atoms with E-state index in [4.69, 9.17) is 9.47 Å². The van der Waals surface area contributed by atoms with Crippen molar-refractivity contribution in [1.82, 2.24) is 19.5 Å². The molecule has 0 saturated heterocycles. The minimum absolute atomic E-state index is 0.0305. The molecule has 8 nitrogen and oxygen atoms in total. The summed E-state index contributed by atoms with van der Waals surface area (Å²) in [5.41, 5.74) is 1.56. The zero-order valence-electron chi connectivity index (χ0n) is 22.5. The van der Waals surface area contributed by atoms with Crippen molar-refractivity contribution in [2.24, 2.45) is 0 Å². The number of imidazole rings is 1. The Labute approximate surface area is 237 Å². The largest absolute Gasteiger partial charge is 0.478 e. The molecule has 2 aromatic heterocycles. The van der Waals surface area contributed by atoms with Crippen LogP contribution in [0.2, 0.25) is 0 Å². The highest BCUT2D eigenvalue weighted by Gasteiger charge is 2.21. The Hall–Kier alpha value is -4.84. The molecule has 5 rings (SSSR count). The first-order chi connectivity index (χ1) is 20.2. The van der Waals surface area contributed by atoms with Gasteiger partial charge < -0.3 is 19.1 Å². The molecule has 1 N–H and O–H groups in total. The number of halogens is 4. The van der Waals surface area contributed by atoms with Crippen molar-refractivity contribution >= 4 is 17.0 Å². The molecule has 42 heavy (non-hydrogen) atoms. The van der Waals surface area contributed by atoms with E-state index in [0.717, 1.165) is 6.20 Å². The molecule has 0 saturated carbocycles. The van der Waals surface area contributed by atoms with Crippen LogP contribution in [0.1, 0.15) is 32.9 Å². The molecule has 0 amide bonds. The zero-order chi connectivity index (χ0) is 30.0. The number of carboxylic acids is 1. The second kappa shape index (κ2) is 12.0. The third-order valence-corrected chi connectivity index (χ3v) is 6.63. The first kappa shape index (κ1) is 28.7. The molecule has 0 spiro atoms. The number of carboxylic acid groups (broad SMARTS) is 1. The lowest BCUT2D eigenvalue weighted by molar-refractivity contribution is 0.0697. The van der Waals surface area contributed by atoms with Crippen LogP contribution in [0.15, 0.2) is 54.7 Å². The quantitative estimate of drug-likeness (QED) is 0.206. The number of aromatic nitrogens is 4. The number of carbonyl (C=O) groups is 1. The maximum absolute atomic E-state index is 15.4. The summed E-state index contributed by atoms with van der Waals surface area (Å²) in [5, 5.41) is 9.38. The van der Waals surface area contributed by atoms with Gasteiger partial charge in [-0.3, -0.25) is 0 Å². The Morgan fingerprint density at radius 1 is 0.952 bits per heavy atom. The van der Waals surface area contributed by atoms with Crippen molar-refractivity contribution < 1.29 is 36.9 Å². The summed E-state index contributed by atoms with van der Waals surface area (Å²) in [6.45, 7) is 1.95. The first-order valence-electron chi connectivity index (χ1n) is 12.7. The lowest BCUT2D eigenvalue weighted by Crippen LogP contribution is -2.10. The average Bonchev–Trinajstić information content (AvgIpc) is 3.31. The van der Waals surface area contributed by atoms with Gasteiger partial charge in [0.2, 0.25) is 5.82 Å². The fraction of sp³-hybridized carbons (Fsp3) is 0.200. The maximum atomic E-state index is 15.4. The number of methoxy groups -OCH3 is 1. The van der Waals surface area contributed by atoms with E-state index in [0.29, 0.717) is 29.0 Å². The Morgan fingerprint density at radius 3 is 2.48 bits per heavy atom. The molecule has 0 aliphatic heterocycles. The van der Waals surface area contributed by atoms with Crippen molar-refractivity contribution in [3.8, 4) is 17.3 Å². The summed E-state index contributed by atoms with van der Waals surface area (Å²) in [5.74, 6) is -5.54. The summed E-state index contributed by atoms with van der Waals surface area (Å²) in [4.78, 5) is 23.7. The van der Waals surface area contributed by atoms with Gasteiger partial charge in [-0.15, -0.1) is 0 Å². The molecule has 0 aliphatic carbocycles. The monoisotopic (exact) mass is 580 g/mol.